The van der Waals surface area contributed by atoms with Gasteiger partial charge in [-0.3, -0.25) is 0 Å². The molecule has 4 rings (SSSR count). The van der Waals surface area contributed by atoms with Gasteiger partial charge in [0.15, 0.2) is 10.7 Å². The molecule has 146 valence electrons. The molecular formula is C21H17ClN4O2S. The Morgan fingerprint density at radius 3 is 2.55 bits per heavy atom. The Bertz CT molecular complexity index is 1220. The number of hydrogen-bond acceptors (Lipinski definition) is 6. The van der Waals surface area contributed by atoms with Gasteiger partial charge in [0.25, 0.3) is 0 Å². The van der Waals surface area contributed by atoms with E-state index in [4.69, 9.17) is 16.3 Å². The quantitative estimate of drug-likeness (QED) is 0.425. The standard InChI is InChI=1S/C21H17ClN4O2S/c1-12-7-6-9-14(11-12)19-23-24-20(29-19)18-16(22)17(21(27)28-3)25-26(18)15-10-5-4-8-13(15)2/h4-11H,1-3H3. The van der Waals surface area contributed by atoms with Crippen LogP contribution in [0.1, 0.15) is 21.6 Å². The van der Waals surface area contributed by atoms with Gasteiger partial charge in [-0.25, -0.2) is 9.48 Å². The van der Waals surface area contributed by atoms with Crippen molar-refractivity contribution < 1.29 is 9.53 Å². The number of hydrogen-bond donors (Lipinski definition) is 0. The van der Waals surface area contributed by atoms with Crippen LogP contribution in [-0.4, -0.2) is 33.1 Å². The summed E-state index contributed by atoms with van der Waals surface area (Å²) >= 11 is 7.96. The fraction of sp³-hybridized carbons (Fsp3) is 0.143. The number of aromatic nitrogens is 4. The van der Waals surface area contributed by atoms with Gasteiger partial charge in [-0.1, -0.05) is 64.9 Å². The predicted octanol–water partition coefficient (Wildman–Crippen LogP) is 5.11. The second-order valence-corrected chi connectivity index (χ2v) is 7.84. The van der Waals surface area contributed by atoms with Crippen molar-refractivity contribution in [3.05, 3.63) is 70.4 Å². The number of methoxy groups -OCH3 is 1. The average molecular weight is 425 g/mol. The van der Waals surface area contributed by atoms with Crippen molar-refractivity contribution in [1.82, 2.24) is 20.0 Å². The summed E-state index contributed by atoms with van der Waals surface area (Å²) in [7, 11) is 1.30. The van der Waals surface area contributed by atoms with E-state index in [-0.39, 0.29) is 10.7 Å². The minimum absolute atomic E-state index is 0.0414. The van der Waals surface area contributed by atoms with Crippen molar-refractivity contribution in [2.45, 2.75) is 13.8 Å². The lowest BCUT2D eigenvalue weighted by atomic mass is 10.1. The van der Waals surface area contributed by atoms with Gasteiger partial charge < -0.3 is 4.74 Å². The Balaban J connectivity index is 1.90. The van der Waals surface area contributed by atoms with Crippen molar-refractivity contribution in [3.8, 4) is 27.0 Å². The first-order valence-corrected chi connectivity index (χ1v) is 10.0. The highest BCUT2D eigenvalue weighted by molar-refractivity contribution is 7.18. The Hall–Kier alpha value is -3.03. The molecular weight excluding hydrogens is 408 g/mol. The van der Waals surface area contributed by atoms with Crippen LogP contribution in [0.3, 0.4) is 0 Å². The molecule has 0 aliphatic heterocycles. The molecule has 6 nitrogen and oxygen atoms in total. The molecule has 0 atom stereocenters. The zero-order valence-corrected chi connectivity index (χ0v) is 17.6. The lowest BCUT2D eigenvalue weighted by Gasteiger charge is -2.08. The van der Waals surface area contributed by atoms with Gasteiger partial charge in [-0.2, -0.15) is 5.10 Å². The van der Waals surface area contributed by atoms with Gasteiger partial charge in [-0.05, 0) is 31.5 Å². The topological polar surface area (TPSA) is 69.9 Å². The van der Waals surface area contributed by atoms with Crippen LogP contribution in [0.4, 0.5) is 0 Å². The first-order valence-electron chi connectivity index (χ1n) is 8.83. The number of carbonyl (C=O) groups is 1. The van der Waals surface area contributed by atoms with E-state index in [2.05, 4.69) is 15.3 Å². The zero-order valence-electron chi connectivity index (χ0n) is 16.0. The van der Waals surface area contributed by atoms with Crippen LogP contribution in [0.25, 0.3) is 27.0 Å². The average Bonchev–Trinajstić information content (AvgIpc) is 3.32. The lowest BCUT2D eigenvalue weighted by Crippen LogP contribution is -2.05. The van der Waals surface area contributed by atoms with E-state index in [1.54, 1.807) is 4.68 Å². The van der Waals surface area contributed by atoms with Gasteiger partial charge in [0.2, 0.25) is 0 Å². The molecule has 0 saturated heterocycles. The molecule has 0 spiro atoms. The third-order valence-corrected chi connectivity index (χ3v) is 5.78. The summed E-state index contributed by atoms with van der Waals surface area (Å²) in [4.78, 5) is 12.2. The molecule has 0 radical (unpaired) electrons. The lowest BCUT2D eigenvalue weighted by molar-refractivity contribution is 0.0593. The van der Waals surface area contributed by atoms with E-state index < -0.39 is 5.97 Å². The maximum absolute atomic E-state index is 12.2. The molecule has 0 aliphatic rings. The molecule has 0 bridgehead atoms. The number of carbonyl (C=O) groups excluding carboxylic acids is 1. The van der Waals surface area contributed by atoms with Crippen molar-refractivity contribution in [2.75, 3.05) is 7.11 Å². The van der Waals surface area contributed by atoms with Crippen molar-refractivity contribution in [1.29, 1.82) is 0 Å². The van der Waals surface area contributed by atoms with E-state index in [1.165, 1.54) is 18.4 Å². The van der Waals surface area contributed by atoms with E-state index in [0.717, 1.165) is 27.4 Å². The molecule has 2 aromatic heterocycles. The van der Waals surface area contributed by atoms with Gasteiger partial charge in [0, 0.05) is 5.56 Å². The summed E-state index contributed by atoms with van der Waals surface area (Å²) in [5.41, 5.74) is 4.44. The van der Waals surface area contributed by atoms with Gasteiger partial charge in [-0.15, -0.1) is 10.2 Å². The SMILES string of the molecule is COC(=O)c1nn(-c2ccccc2C)c(-c2nnc(-c3cccc(C)c3)s2)c1Cl. The van der Waals surface area contributed by atoms with E-state index >= 15 is 0 Å². The maximum Gasteiger partial charge on any atom is 0.360 e. The Morgan fingerprint density at radius 2 is 1.83 bits per heavy atom. The number of nitrogens with zero attached hydrogens (tertiary/aromatic N) is 4. The van der Waals surface area contributed by atoms with Crippen molar-refractivity contribution in [2.24, 2.45) is 0 Å². The van der Waals surface area contributed by atoms with Gasteiger partial charge in [0.1, 0.15) is 15.7 Å². The Labute approximate surface area is 176 Å². The highest BCUT2D eigenvalue weighted by Crippen LogP contribution is 2.37. The second-order valence-electron chi connectivity index (χ2n) is 6.48. The normalized spacial score (nSPS) is 10.9. The maximum atomic E-state index is 12.2. The highest BCUT2D eigenvalue weighted by atomic mass is 35.5. The monoisotopic (exact) mass is 424 g/mol. The molecule has 0 saturated carbocycles. The van der Waals surface area contributed by atoms with Crippen molar-refractivity contribution >= 4 is 28.9 Å². The minimum atomic E-state index is -0.605. The predicted molar refractivity (Wildman–Crippen MR) is 114 cm³/mol. The number of ether oxygens (including phenoxy) is 1. The van der Waals surface area contributed by atoms with Crippen LogP contribution in [0, 0.1) is 13.8 Å². The second kappa shape index (κ2) is 7.77. The van der Waals surface area contributed by atoms with Gasteiger partial charge >= 0.3 is 5.97 Å². The molecule has 0 aliphatic carbocycles. The van der Waals surface area contributed by atoms with Crippen LogP contribution in [0.15, 0.2) is 48.5 Å². The summed E-state index contributed by atoms with van der Waals surface area (Å²) < 4.78 is 6.47. The third kappa shape index (κ3) is 3.54. The van der Waals surface area contributed by atoms with E-state index in [0.29, 0.717) is 10.7 Å². The first kappa shape index (κ1) is 19.3. The molecule has 29 heavy (non-hydrogen) atoms. The molecule has 8 heteroatoms. The smallest absolute Gasteiger partial charge is 0.360 e. The van der Waals surface area contributed by atoms with Crippen molar-refractivity contribution in [3.63, 3.8) is 0 Å². The number of rotatable bonds is 4. The zero-order chi connectivity index (χ0) is 20.5. The molecule has 0 unspecified atom stereocenters. The number of para-hydroxylation sites is 1. The minimum Gasteiger partial charge on any atom is -0.464 e. The fourth-order valence-corrected chi connectivity index (χ4v) is 4.22. The number of esters is 1. The number of benzene rings is 2. The Kier molecular flexibility index (Phi) is 5.17. The van der Waals surface area contributed by atoms with E-state index in [9.17, 15) is 4.79 Å². The number of halogens is 1. The fourth-order valence-electron chi connectivity index (χ4n) is 3.00. The van der Waals surface area contributed by atoms with Crippen LogP contribution >= 0.6 is 22.9 Å². The largest absolute Gasteiger partial charge is 0.464 e. The third-order valence-electron chi connectivity index (χ3n) is 4.44. The first-order chi connectivity index (χ1) is 14.0. The van der Waals surface area contributed by atoms with Crippen LogP contribution in [0.2, 0.25) is 5.02 Å². The molecule has 0 amide bonds. The summed E-state index contributed by atoms with van der Waals surface area (Å²) in [6.07, 6.45) is 0. The summed E-state index contributed by atoms with van der Waals surface area (Å²) in [5, 5.41) is 14.6. The molecule has 2 heterocycles. The molecule has 4 aromatic rings. The Morgan fingerprint density at radius 1 is 1.07 bits per heavy atom. The van der Waals surface area contributed by atoms with Crippen LogP contribution in [-0.2, 0) is 4.74 Å². The van der Waals surface area contributed by atoms with Crippen LogP contribution in [0.5, 0.6) is 0 Å². The number of aryl methyl sites for hydroxylation is 2. The molecule has 2 aromatic carbocycles. The van der Waals surface area contributed by atoms with Crippen LogP contribution < -0.4 is 0 Å². The summed E-state index contributed by atoms with van der Waals surface area (Å²) in [6, 6.07) is 15.7. The summed E-state index contributed by atoms with van der Waals surface area (Å²) in [6.45, 7) is 3.99. The highest BCUT2D eigenvalue weighted by Gasteiger charge is 2.27. The van der Waals surface area contributed by atoms with E-state index in [1.807, 2.05) is 62.4 Å². The molecule has 0 fully saturated rings. The summed E-state index contributed by atoms with van der Waals surface area (Å²) in [5.74, 6) is -0.605. The van der Waals surface area contributed by atoms with Gasteiger partial charge in [0.05, 0.1) is 12.8 Å². The molecule has 0 N–H and O–H groups in total.